The second-order valence-corrected chi connectivity index (χ2v) is 9.35. The van der Waals surface area contributed by atoms with Crippen molar-refractivity contribution < 1.29 is 9.15 Å². The number of rotatable bonds is 5. The van der Waals surface area contributed by atoms with Crippen LogP contribution in [0.3, 0.4) is 0 Å². The minimum atomic E-state index is 0.398. The van der Waals surface area contributed by atoms with Gasteiger partial charge in [0.05, 0.1) is 18.9 Å². The second kappa shape index (κ2) is 9.19. The normalized spacial score (nSPS) is 19.7. The Kier molecular flexibility index (Phi) is 5.76. The molecule has 1 N–H and O–H groups in total. The Balaban J connectivity index is 1.34. The lowest BCUT2D eigenvalue weighted by Gasteiger charge is -2.28. The highest BCUT2D eigenvalue weighted by molar-refractivity contribution is 5.85. The molecule has 1 unspecified atom stereocenters. The molecular formula is C26H30N6O2. The molecule has 2 aliphatic heterocycles. The maximum Gasteiger partial charge on any atom is 0.195 e. The number of aromatic amines is 1. The molecule has 2 fully saturated rings. The summed E-state index contributed by atoms with van der Waals surface area (Å²) in [4.78, 5) is 14.5. The average Bonchev–Trinajstić information content (AvgIpc) is 3.52. The quantitative estimate of drug-likeness (QED) is 0.486. The molecule has 8 nitrogen and oxygen atoms in total. The number of likely N-dealkylation sites (N-methyl/N-ethyl adjacent to an activating group) is 1. The minimum Gasteiger partial charge on any atom is -0.455 e. The van der Waals surface area contributed by atoms with Gasteiger partial charge in [0.2, 0.25) is 0 Å². The van der Waals surface area contributed by atoms with Crippen LogP contribution >= 0.6 is 0 Å². The predicted octanol–water partition coefficient (Wildman–Crippen LogP) is 3.85. The van der Waals surface area contributed by atoms with Crippen molar-refractivity contribution in [1.29, 1.82) is 0 Å². The van der Waals surface area contributed by atoms with E-state index < -0.39 is 0 Å². The first-order valence-electron chi connectivity index (χ1n) is 12.1. The van der Waals surface area contributed by atoms with Gasteiger partial charge in [-0.1, -0.05) is 30.3 Å². The summed E-state index contributed by atoms with van der Waals surface area (Å²) in [6, 6.07) is 14.4. The van der Waals surface area contributed by atoms with Crippen LogP contribution in [0.2, 0.25) is 0 Å². The molecule has 176 valence electrons. The fourth-order valence-corrected chi connectivity index (χ4v) is 5.03. The summed E-state index contributed by atoms with van der Waals surface area (Å²) < 4.78 is 12.0. The summed E-state index contributed by atoms with van der Waals surface area (Å²) in [5.74, 6) is 3.07. The Morgan fingerprint density at radius 2 is 1.91 bits per heavy atom. The van der Waals surface area contributed by atoms with Gasteiger partial charge >= 0.3 is 0 Å². The molecule has 1 atom stereocenters. The third kappa shape index (κ3) is 4.31. The van der Waals surface area contributed by atoms with Crippen LogP contribution in [0.25, 0.3) is 22.4 Å². The van der Waals surface area contributed by atoms with Crippen LogP contribution in [0.4, 0.5) is 5.82 Å². The van der Waals surface area contributed by atoms with Crippen LogP contribution in [-0.2, 0) is 11.2 Å². The molecule has 4 aromatic rings. The number of aromatic nitrogens is 4. The van der Waals surface area contributed by atoms with Gasteiger partial charge < -0.3 is 19.0 Å². The van der Waals surface area contributed by atoms with Crippen LogP contribution < -0.4 is 4.90 Å². The van der Waals surface area contributed by atoms with Crippen molar-refractivity contribution in [2.24, 2.45) is 0 Å². The van der Waals surface area contributed by atoms with Crippen LogP contribution in [0.15, 0.2) is 46.9 Å². The van der Waals surface area contributed by atoms with E-state index in [4.69, 9.17) is 19.1 Å². The molecule has 3 aromatic heterocycles. The molecule has 2 saturated heterocycles. The maximum absolute atomic E-state index is 6.45. The number of H-pyrrole nitrogens is 1. The Morgan fingerprint density at radius 1 is 1.06 bits per heavy atom. The molecule has 0 radical (unpaired) electrons. The van der Waals surface area contributed by atoms with E-state index in [2.05, 4.69) is 51.3 Å². The predicted molar refractivity (Wildman–Crippen MR) is 131 cm³/mol. The van der Waals surface area contributed by atoms with Crippen molar-refractivity contribution in [3.05, 3.63) is 59.7 Å². The number of morpholine rings is 1. The molecule has 0 spiro atoms. The fraction of sp³-hybridized carbons (Fsp3) is 0.423. The second-order valence-electron chi connectivity index (χ2n) is 9.35. The van der Waals surface area contributed by atoms with Gasteiger partial charge in [0.15, 0.2) is 11.4 Å². The molecular weight excluding hydrogens is 428 g/mol. The van der Waals surface area contributed by atoms with E-state index in [0.29, 0.717) is 25.6 Å². The molecule has 8 heteroatoms. The van der Waals surface area contributed by atoms with Crippen LogP contribution in [0, 0.1) is 0 Å². The van der Waals surface area contributed by atoms with Crippen LogP contribution in [0.5, 0.6) is 0 Å². The van der Waals surface area contributed by atoms with Gasteiger partial charge in [-0.15, -0.1) is 0 Å². The molecule has 34 heavy (non-hydrogen) atoms. The van der Waals surface area contributed by atoms with Gasteiger partial charge in [-0.25, -0.2) is 9.97 Å². The highest BCUT2D eigenvalue weighted by Gasteiger charge is 2.26. The van der Waals surface area contributed by atoms with E-state index in [1.807, 2.05) is 18.2 Å². The SMILES string of the molecule is CN1CCCC(c2cc3nc(Cc4cc(-c5ccccc5)n[nH]4)nc(N4CCOCC4)c3o2)C1. The zero-order valence-corrected chi connectivity index (χ0v) is 19.5. The van der Waals surface area contributed by atoms with E-state index in [9.17, 15) is 0 Å². The maximum atomic E-state index is 6.45. The molecule has 0 bridgehead atoms. The van der Waals surface area contributed by atoms with Gasteiger partial charge in [-0.05, 0) is 32.5 Å². The minimum absolute atomic E-state index is 0.398. The highest BCUT2D eigenvalue weighted by Crippen LogP contribution is 2.34. The zero-order chi connectivity index (χ0) is 22.9. The smallest absolute Gasteiger partial charge is 0.195 e. The van der Waals surface area contributed by atoms with Crippen LogP contribution in [0.1, 0.15) is 36.0 Å². The summed E-state index contributed by atoms with van der Waals surface area (Å²) in [7, 11) is 2.18. The average molecular weight is 459 g/mol. The molecule has 1 aromatic carbocycles. The number of furan rings is 1. The van der Waals surface area contributed by atoms with Crippen molar-refractivity contribution in [3.8, 4) is 11.3 Å². The lowest BCUT2D eigenvalue weighted by molar-refractivity contribution is 0.122. The van der Waals surface area contributed by atoms with Gasteiger partial charge in [0, 0.05) is 49.3 Å². The van der Waals surface area contributed by atoms with Crippen LogP contribution in [-0.4, -0.2) is 71.5 Å². The monoisotopic (exact) mass is 458 g/mol. The molecule has 0 aliphatic carbocycles. The number of nitrogens with one attached hydrogen (secondary N) is 1. The number of fused-ring (bicyclic) bond motifs is 1. The fourth-order valence-electron chi connectivity index (χ4n) is 5.03. The molecule has 2 aliphatic rings. The summed E-state index contributed by atoms with van der Waals surface area (Å²) in [6.45, 7) is 5.16. The molecule has 6 rings (SSSR count). The Bertz CT molecular complexity index is 1260. The standard InChI is InChI=1S/C26H30N6O2/c1-31-9-5-8-19(17-31)23-16-22-25(34-23)26(32-10-12-33-13-11-32)28-24(27-22)15-20-14-21(30-29-20)18-6-3-2-4-7-18/h2-4,6-7,14,16,19H,5,8-13,15,17H2,1H3,(H,29,30). The van der Waals surface area contributed by atoms with E-state index in [0.717, 1.165) is 78.1 Å². The zero-order valence-electron chi connectivity index (χ0n) is 19.5. The number of piperidine rings is 1. The van der Waals surface area contributed by atoms with E-state index >= 15 is 0 Å². The van der Waals surface area contributed by atoms with Gasteiger partial charge in [0.25, 0.3) is 0 Å². The number of hydrogen-bond donors (Lipinski definition) is 1. The van der Waals surface area contributed by atoms with E-state index in [1.165, 1.54) is 6.42 Å². The van der Waals surface area contributed by atoms with Gasteiger partial charge in [0.1, 0.15) is 17.1 Å². The Hall–Kier alpha value is -3.23. The Labute approximate surface area is 198 Å². The molecule has 0 amide bonds. The van der Waals surface area contributed by atoms with Crippen molar-refractivity contribution in [3.63, 3.8) is 0 Å². The van der Waals surface area contributed by atoms with Gasteiger partial charge in [-0.2, -0.15) is 5.10 Å². The first kappa shape index (κ1) is 21.3. The first-order chi connectivity index (χ1) is 16.7. The lowest BCUT2D eigenvalue weighted by atomic mass is 9.96. The number of likely N-dealkylation sites (tertiary alicyclic amines) is 1. The number of benzene rings is 1. The third-order valence-corrected chi connectivity index (χ3v) is 6.81. The summed E-state index contributed by atoms with van der Waals surface area (Å²) >= 11 is 0. The topological polar surface area (TPSA) is 83.3 Å². The number of nitrogens with zero attached hydrogens (tertiary/aromatic N) is 5. The molecule has 0 saturated carbocycles. The van der Waals surface area contributed by atoms with E-state index in [-0.39, 0.29) is 0 Å². The third-order valence-electron chi connectivity index (χ3n) is 6.81. The van der Waals surface area contributed by atoms with Crippen molar-refractivity contribution in [1.82, 2.24) is 25.1 Å². The highest BCUT2D eigenvalue weighted by atomic mass is 16.5. The van der Waals surface area contributed by atoms with Crippen molar-refractivity contribution in [2.45, 2.75) is 25.2 Å². The van der Waals surface area contributed by atoms with Crippen molar-refractivity contribution in [2.75, 3.05) is 51.3 Å². The Morgan fingerprint density at radius 3 is 2.74 bits per heavy atom. The van der Waals surface area contributed by atoms with Gasteiger partial charge in [-0.3, -0.25) is 5.10 Å². The number of ether oxygens (including phenoxy) is 1. The lowest BCUT2D eigenvalue weighted by Crippen LogP contribution is -2.37. The van der Waals surface area contributed by atoms with Crippen molar-refractivity contribution >= 4 is 16.9 Å². The largest absolute Gasteiger partial charge is 0.455 e. The number of hydrogen-bond acceptors (Lipinski definition) is 7. The number of anilines is 1. The summed E-state index contributed by atoms with van der Waals surface area (Å²) in [5, 5.41) is 7.67. The summed E-state index contributed by atoms with van der Waals surface area (Å²) in [5.41, 5.74) is 4.69. The van der Waals surface area contributed by atoms with E-state index in [1.54, 1.807) is 0 Å². The summed E-state index contributed by atoms with van der Waals surface area (Å²) in [6.07, 6.45) is 2.92. The first-order valence-corrected chi connectivity index (χ1v) is 12.1. The molecule has 5 heterocycles.